The van der Waals surface area contributed by atoms with Gasteiger partial charge in [-0.15, -0.1) is 0 Å². The Labute approximate surface area is 235 Å². The van der Waals surface area contributed by atoms with E-state index in [0.29, 0.717) is 47.5 Å². The van der Waals surface area contributed by atoms with Gasteiger partial charge in [-0.05, 0) is 31.4 Å². The van der Waals surface area contributed by atoms with Crippen LogP contribution in [0.25, 0.3) is 17.0 Å². The van der Waals surface area contributed by atoms with Crippen molar-refractivity contribution in [2.45, 2.75) is 64.1 Å². The first-order valence-corrected chi connectivity index (χ1v) is 13.9. The molecule has 210 valence electrons. The number of imidazole rings is 2. The fraction of sp³-hybridized carbons (Fsp3) is 0.393. The van der Waals surface area contributed by atoms with Crippen LogP contribution in [-0.4, -0.2) is 59.5 Å². The summed E-state index contributed by atoms with van der Waals surface area (Å²) in [5.41, 5.74) is 1.78. The summed E-state index contributed by atoms with van der Waals surface area (Å²) in [5.74, 6) is -0.417. The van der Waals surface area contributed by atoms with E-state index >= 15 is 0 Å². The van der Waals surface area contributed by atoms with Crippen LogP contribution in [0.4, 0.5) is 5.82 Å². The largest absolute Gasteiger partial charge is 0.480 e. The number of hydrogen-bond acceptors (Lipinski definition) is 6. The maximum Gasteiger partial charge on any atom is 0.326 e. The van der Waals surface area contributed by atoms with Gasteiger partial charge >= 0.3 is 5.97 Å². The third-order valence-corrected chi connectivity index (χ3v) is 7.50. The Bertz CT molecular complexity index is 1550. The van der Waals surface area contributed by atoms with E-state index in [4.69, 9.17) is 16.6 Å². The summed E-state index contributed by atoms with van der Waals surface area (Å²) in [6.45, 7) is 3.30. The second kappa shape index (κ2) is 12.0. The number of carboxylic acid groups (broad SMARTS) is 1. The third-order valence-electron chi connectivity index (χ3n) is 7.25. The van der Waals surface area contributed by atoms with Gasteiger partial charge in [-0.3, -0.25) is 18.6 Å². The SMILES string of the molecule is CCCCCn1c(N2CCC[C@H]2C(=O)N[C@@H](Cc2c[nH]cn2)C(=O)O)cc(=O)n2cc(-c3ccc(Cl)cc3)nc12. The molecule has 1 amide bonds. The van der Waals surface area contributed by atoms with Crippen LogP contribution >= 0.6 is 11.6 Å². The molecular weight excluding hydrogens is 534 g/mol. The molecule has 3 N–H and O–H groups in total. The van der Waals surface area contributed by atoms with Crippen molar-refractivity contribution in [1.82, 2.24) is 29.2 Å². The number of rotatable bonds is 11. The summed E-state index contributed by atoms with van der Waals surface area (Å²) in [7, 11) is 0. The highest BCUT2D eigenvalue weighted by Gasteiger charge is 2.35. The quantitative estimate of drug-likeness (QED) is 0.237. The highest BCUT2D eigenvalue weighted by molar-refractivity contribution is 6.30. The minimum absolute atomic E-state index is 0.0620. The van der Waals surface area contributed by atoms with E-state index in [-0.39, 0.29) is 12.0 Å². The lowest BCUT2D eigenvalue weighted by atomic mass is 10.1. The highest BCUT2D eigenvalue weighted by atomic mass is 35.5. The van der Waals surface area contributed by atoms with Gasteiger partial charge in [0.25, 0.3) is 5.56 Å². The Morgan fingerprint density at radius 3 is 2.75 bits per heavy atom. The van der Waals surface area contributed by atoms with Crippen LogP contribution in [0.2, 0.25) is 5.02 Å². The van der Waals surface area contributed by atoms with Crippen LogP contribution in [0.1, 0.15) is 44.7 Å². The van der Waals surface area contributed by atoms with Crippen LogP contribution < -0.4 is 15.8 Å². The van der Waals surface area contributed by atoms with Crippen LogP contribution in [0.5, 0.6) is 0 Å². The van der Waals surface area contributed by atoms with Crippen LogP contribution in [-0.2, 0) is 22.6 Å². The van der Waals surface area contributed by atoms with Gasteiger partial charge in [-0.2, -0.15) is 0 Å². The number of carbonyl (C=O) groups excluding carboxylic acids is 1. The van der Waals surface area contributed by atoms with E-state index in [1.54, 1.807) is 30.6 Å². The summed E-state index contributed by atoms with van der Waals surface area (Å²) in [5, 5.41) is 13.1. The number of aromatic amines is 1. The Morgan fingerprint density at radius 2 is 2.05 bits per heavy atom. The van der Waals surface area contributed by atoms with E-state index in [9.17, 15) is 19.5 Å². The molecule has 4 heterocycles. The number of H-pyrrole nitrogens is 1. The van der Waals surface area contributed by atoms with Crippen molar-refractivity contribution in [1.29, 1.82) is 0 Å². The van der Waals surface area contributed by atoms with Gasteiger partial charge in [0, 0.05) is 48.6 Å². The highest BCUT2D eigenvalue weighted by Crippen LogP contribution is 2.28. The number of fused-ring (bicyclic) bond motifs is 1. The van der Waals surface area contributed by atoms with Gasteiger partial charge in [0.15, 0.2) is 0 Å². The molecule has 1 aliphatic rings. The predicted octanol–water partition coefficient (Wildman–Crippen LogP) is 3.51. The molecule has 12 heteroatoms. The first-order chi connectivity index (χ1) is 19.4. The zero-order chi connectivity index (χ0) is 28.2. The van der Waals surface area contributed by atoms with E-state index in [1.165, 1.54) is 10.7 Å². The van der Waals surface area contributed by atoms with Crippen molar-refractivity contribution in [2.75, 3.05) is 11.4 Å². The van der Waals surface area contributed by atoms with E-state index in [2.05, 4.69) is 22.2 Å². The van der Waals surface area contributed by atoms with Crippen molar-refractivity contribution >= 4 is 35.1 Å². The minimum Gasteiger partial charge on any atom is -0.480 e. The zero-order valence-corrected chi connectivity index (χ0v) is 23.0. The summed E-state index contributed by atoms with van der Waals surface area (Å²) in [6.07, 6.45) is 9.04. The number of aryl methyl sites for hydroxylation is 1. The van der Waals surface area contributed by atoms with E-state index in [1.807, 2.05) is 21.6 Å². The number of hydrogen-bond donors (Lipinski definition) is 3. The van der Waals surface area contributed by atoms with Crippen molar-refractivity contribution < 1.29 is 14.7 Å². The Balaban J connectivity index is 1.49. The molecule has 0 bridgehead atoms. The second-order valence-corrected chi connectivity index (χ2v) is 10.5. The summed E-state index contributed by atoms with van der Waals surface area (Å²) < 4.78 is 3.54. The van der Waals surface area contributed by atoms with Crippen LogP contribution in [0.3, 0.4) is 0 Å². The molecule has 1 aromatic carbocycles. The van der Waals surface area contributed by atoms with Gasteiger partial charge in [0.2, 0.25) is 11.7 Å². The average molecular weight is 566 g/mol. The number of amides is 1. The number of halogens is 1. The first-order valence-electron chi connectivity index (χ1n) is 13.5. The fourth-order valence-corrected chi connectivity index (χ4v) is 5.33. The molecule has 1 aliphatic heterocycles. The fourth-order valence-electron chi connectivity index (χ4n) is 5.21. The molecule has 40 heavy (non-hydrogen) atoms. The standard InChI is InChI=1S/C28H32ClN7O4/c1-2-3-4-11-35-24(14-25(37)36-16-22(33-28(35)36)18-7-9-19(29)10-8-18)34-12-5-6-23(34)26(38)32-21(27(39)40)13-20-15-30-17-31-20/h7-10,14-17,21,23H,2-6,11-13H2,1H3,(H,30,31)(H,32,38)(H,39,40)/t21-,23-/m0/s1. The van der Waals surface area contributed by atoms with E-state index in [0.717, 1.165) is 31.2 Å². The number of nitrogens with zero attached hydrogens (tertiary/aromatic N) is 5. The molecule has 4 aromatic rings. The number of aliphatic carboxylic acids is 1. The molecule has 2 atom stereocenters. The Kier molecular flexibility index (Phi) is 8.20. The van der Waals surface area contributed by atoms with Crippen molar-refractivity contribution in [3.05, 3.63) is 70.1 Å². The number of carboxylic acids is 1. The molecule has 1 fully saturated rings. The van der Waals surface area contributed by atoms with Gasteiger partial charge in [-0.1, -0.05) is 43.5 Å². The Hall–Kier alpha value is -4.12. The van der Waals surface area contributed by atoms with Crippen molar-refractivity contribution in [3.8, 4) is 11.3 Å². The lowest BCUT2D eigenvalue weighted by molar-refractivity contribution is -0.142. The third kappa shape index (κ3) is 5.74. The Morgan fingerprint density at radius 1 is 1.25 bits per heavy atom. The van der Waals surface area contributed by atoms with Crippen LogP contribution in [0, 0.1) is 0 Å². The number of aromatic nitrogens is 5. The molecule has 11 nitrogen and oxygen atoms in total. The molecule has 0 spiro atoms. The number of benzene rings is 1. The molecule has 0 aliphatic carbocycles. The molecule has 0 radical (unpaired) electrons. The predicted molar refractivity (Wildman–Crippen MR) is 152 cm³/mol. The number of nitrogens with one attached hydrogen (secondary N) is 2. The summed E-state index contributed by atoms with van der Waals surface area (Å²) in [4.78, 5) is 52.3. The monoisotopic (exact) mass is 565 g/mol. The molecule has 0 saturated carbocycles. The maximum absolute atomic E-state index is 13.4. The van der Waals surface area contributed by atoms with E-state index < -0.39 is 24.0 Å². The number of anilines is 1. The van der Waals surface area contributed by atoms with Gasteiger partial charge in [-0.25, -0.2) is 14.8 Å². The van der Waals surface area contributed by atoms with Gasteiger partial charge in [0.1, 0.15) is 17.9 Å². The lowest BCUT2D eigenvalue weighted by Gasteiger charge is -2.29. The summed E-state index contributed by atoms with van der Waals surface area (Å²) >= 11 is 6.06. The number of carbonyl (C=O) groups is 2. The first kappa shape index (κ1) is 27.4. The van der Waals surface area contributed by atoms with Crippen molar-refractivity contribution in [2.24, 2.45) is 0 Å². The molecule has 1 saturated heterocycles. The van der Waals surface area contributed by atoms with Crippen molar-refractivity contribution in [3.63, 3.8) is 0 Å². The zero-order valence-electron chi connectivity index (χ0n) is 22.2. The van der Waals surface area contributed by atoms with Gasteiger partial charge in [0.05, 0.1) is 17.7 Å². The topological polar surface area (TPSA) is 138 Å². The molecule has 3 aromatic heterocycles. The molecule has 0 unspecified atom stereocenters. The smallest absolute Gasteiger partial charge is 0.326 e. The summed E-state index contributed by atoms with van der Waals surface area (Å²) in [6, 6.07) is 7.09. The van der Waals surface area contributed by atoms with Crippen LogP contribution in [0.15, 0.2) is 53.8 Å². The molecular formula is C28H32ClN7O4. The van der Waals surface area contributed by atoms with Gasteiger partial charge < -0.3 is 20.3 Å². The average Bonchev–Trinajstić information content (AvgIpc) is 3.71. The second-order valence-electron chi connectivity index (χ2n) is 10.0. The minimum atomic E-state index is -1.13. The normalized spacial score (nSPS) is 15.9. The maximum atomic E-state index is 13.4. The lowest BCUT2D eigenvalue weighted by Crippen LogP contribution is -2.51. The molecule has 5 rings (SSSR count). The number of unbranched alkanes of at least 4 members (excludes halogenated alkanes) is 2.